The van der Waals surface area contributed by atoms with Gasteiger partial charge >= 0.3 is 0 Å². The second kappa shape index (κ2) is 16.0. The summed E-state index contributed by atoms with van der Waals surface area (Å²) in [5.74, 6) is -0.607. The molecule has 0 aliphatic heterocycles. The molecule has 0 bridgehead atoms. The number of rotatable bonds is 13. The number of nitrogens with zero attached hydrogens (tertiary/aromatic N) is 2. The van der Waals surface area contributed by atoms with E-state index >= 15 is 0 Å². The topological polar surface area (TPSA) is 96.0 Å². The Balaban J connectivity index is 1.60. The Bertz CT molecular complexity index is 1820. The van der Waals surface area contributed by atoms with Crippen molar-refractivity contribution in [2.75, 3.05) is 18.0 Å². The van der Waals surface area contributed by atoms with Crippen LogP contribution in [0.3, 0.4) is 0 Å². The third kappa shape index (κ3) is 8.78. The van der Waals surface area contributed by atoms with E-state index in [-0.39, 0.29) is 46.3 Å². The van der Waals surface area contributed by atoms with E-state index in [1.54, 1.807) is 24.3 Å². The minimum atomic E-state index is -4.31. The summed E-state index contributed by atoms with van der Waals surface area (Å²) in [4.78, 5) is 30.4. The van der Waals surface area contributed by atoms with Gasteiger partial charge < -0.3 is 15.0 Å². The van der Waals surface area contributed by atoms with Gasteiger partial charge in [0, 0.05) is 28.5 Å². The van der Waals surface area contributed by atoms with Crippen molar-refractivity contribution in [3.05, 3.63) is 123 Å². The zero-order valence-corrected chi connectivity index (χ0v) is 30.1. The van der Waals surface area contributed by atoms with Crippen LogP contribution in [-0.4, -0.2) is 50.9 Å². The molecule has 1 aliphatic carbocycles. The molecule has 4 aromatic rings. The molecular weight excluding hydrogens is 714 g/mol. The van der Waals surface area contributed by atoms with Gasteiger partial charge in [-0.3, -0.25) is 13.9 Å². The average Bonchev–Trinajstić information content (AvgIpc) is 3.59. The summed E-state index contributed by atoms with van der Waals surface area (Å²) >= 11 is 9.86. The zero-order chi connectivity index (χ0) is 34.3. The Hall–Kier alpha value is -3.86. The number of sulfonamides is 1. The molecule has 1 saturated carbocycles. The van der Waals surface area contributed by atoms with Crippen molar-refractivity contribution in [3.63, 3.8) is 0 Å². The van der Waals surface area contributed by atoms with E-state index in [0.29, 0.717) is 0 Å². The molecule has 0 saturated heterocycles. The van der Waals surface area contributed by atoms with Gasteiger partial charge in [0.15, 0.2) is 0 Å². The number of carbonyl (C=O) groups excluding carboxylic acids is 2. The van der Waals surface area contributed by atoms with Crippen LogP contribution in [0.15, 0.2) is 106 Å². The van der Waals surface area contributed by atoms with Gasteiger partial charge in [-0.2, -0.15) is 0 Å². The van der Waals surface area contributed by atoms with Crippen LogP contribution < -0.4 is 14.4 Å². The second-order valence-electron chi connectivity index (χ2n) is 12.0. The zero-order valence-electron chi connectivity index (χ0n) is 26.9. The Morgan fingerprint density at radius 2 is 1.60 bits per heavy atom. The van der Waals surface area contributed by atoms with Crippen LogP contribution in [0.25, 0.3) is 0 Å². The summed E-state index contributed by atoms with van der Waals surface area (Å²) in [7, 11) is -2.89. The van der Waals surface area contributed by atoms with Crippen molar-refractivity contribution in [2.24, 2.45) is 0 Å². The van der Waals surface area contributed by atoms with E-state index in [9.17, 15) is 18.0 Å². The predicted octanol–water partition coefficient (Wildman–Crippen LogP) is 7.31. The first kappa shape index (κ1) is 35.4. The number of anilines is 1. The summed E-state index contributed by atoms with van der Waals surface area (Å²) in [5.41, 5.74) is 2.65. The molecule has 1 aliphatic rings. The number of ether oxygens (including phenoxy) is 1. The smallest absolute Gasteiger partial charge is 0.264 e. The van der Waals surface area contributed by atoms with Crippen LogP contribution in [0.2, 0.25) is 5.02 Å². The molecule has 0 radical (unpaired) electrons. The maximum absolute atomic E-state index is 14.7. The number of halogens is 2. The van der Waals surface area contributed by atoms with Crippen LogP contribution >= 0.6 is 27.5 Å². The van der Waals surface area contributed by atoms with Crippen molar-refractivity contribution in [2.45, 2.75) is 62.6 Å². The monoisotopic (exact) mass is 751 g/mol. The number of methoxy groups -OCH3 is 1. The lowest BCUT2D eigenvalue weighted by atomic mass is 10.0. The molecule has 0 aromatic heterocycles. The molecule has 4 aromatic carbocycles. The maximum Gasteiger partial charge on any atom is 0.264 e. The van der Waals surface area contributed by atoms with Gasteiger partial charge in [-0.15, -0.1) is 0 Å². The molecule has 1 N–H and O–H groups in total. The van der Waals surface area contributed by atoms with Gasteiger partial charge in [0.2, 0.25) is 11.8 Å². The summed E-state index contributed by atoms with van der Waals surface area (Å²) in [6.07, 6.45) is 4.06. The van der Waals surface area contributed by atoms with Gasteiger partial charge in [-0.1, -0.05) is 101 Å². The van der Waals surface area contributed by atoms with Crippen LogP contribution in [-0.2, 0) is 32.6 Å². The highest BCUT2D eigenvalue weighted by atomic mass is 79.9. The van der Waals surface area contributed by atoms with Crippen molar-refractivity contribution in [1.82, 2.24) is 10.2 Å². The largest absolute Gasteiger partial charge is 0.495 e. The summed E-state index contributed by atoms with van der Waals surface area (Å²) < 4.78 is 36.2. The fourth-order valence-corrected chi connectivity index (χ4v) is 7.76. The standard InChI is InChI=1S/C37H39BrClN3O5S/c1-26-12-19-32(20-13-26)48(45,46)42(33-23-30(39)18-21-35(33)47-2)25-36(43)41(24-28-14-16-29(38)17-15-28)34(22-27-8-4-3-5-9-27)37(44)40-31-10-6-7-11-31/h3-5,8-9,12-21,23,31,34H,6-7,10-11,22,24-25H2,1-2H3,(H,40,44)/t34-/m0/s1. The lowest BCUT2D eigenvalue weighted by Crippen LogP contribution is -2.54. The van der Waals surface area contributed by atoms with E-state index in [1.807, 2.05) is 61.5 Å². The third-order valence-corrected chi connectivity index (χ3v) is 11.1. The van der Waals surface area contributed by atoms with Gasteiger partial charge in [0.1, 0.15) is 18.3 Å². The summed E-state index contributed by atoms with van der Waals surface area (Å²) in [6, 6.07) is 27.1. The fraction of sp³-hybridized carbons (Fsp3) is 0.297. The molecule has 48 heavy (non-hydrogen) atoms. The van der Waals surface area contributed by atoms with E-state index in [2.05, 4.69) is 21.2 Å². The Kier molecular flexibility index (Phi) is 11.8. The predicted molar refractivity (Wildman–Crippen MR) is 193 cm³/mol. The number of nitrogens with one attached hydrogen (secondary N) is 1. The number of amides is 2. The van der Waals surface area contributed by atoms with Crippen LogP contribution in [0, 0.1) is 6.92 Å². The summed E-state index contributed by atoms with van der Waals surface area (Å²) in [6.45, 7) is 1.33. The first-order valence-corrected chi connectivity index (χ1v) is 18.5. The normalized spacial score (nSPS) is 13.9. The van der Waals surface area contributed by atoms with Crippen LogP contribution in [0.4, 0.5) is 5.69 Å². The third-order valence-electron chi connectivity index (χ3n) is 8.54. The van der Waals surface area contributed by atoms with E-state index in [0.717, 1.165) is 51.2 Å². The lowest BCUT2D eigenvalue weighted by molar-refractivity contribution is -0.140. The molecule has 0 spiro atoms. The number of hydrogen-bond donors (Lipinski definition) is 1. The highest BCUT2D eigenvalue weighted by molar-refractivity contribution is 9.10. The molecule has 1 atom stereocenters. The molecule has 252 valence electrons. The molecule has 11 heteroatoms. The molecule has 8 nitrogen and oxygen atoms in total. The molecule has 1 fully saturated rings. The van der Waals surface area contributed by atoms with Crippen LogP contribution in [0.1, 0.15) is 42.4 Å². The van der Waals surface area contributed by atoms with Crippen molar-refractivity contribution in [3.8, 4) is 5.75 Å². The molecule has 5 rings (SSSR count). The van der Waals surface area contributed by atoms with E-state index in [1.165, 1.54) is 30.2 Å². The quantitative estimate of drug-likeness (QED) is 0.155. The highest BCUT2D eigenvalue weighted by Crippen LogP contribution is 2.35. The van der Waals surface area contributed by atoms with E-state index in [4.69, 9.17) is 16.3 Å². The van der Waals surface area contributed by atoms with Gasteiger partial charge in [0.05, 0.1) is 17.7 Å². The van der Waals surface area contributed by atoms with Crippen molar-refractivity contribution < 1.29 is 22.7 Å². The van der Waals surface area contributed by atoms with Gasteiger partial charge in [-0.05, 0) is 73.4 Å². The maximum atomic E-state index is 14.7. The first-order chi connectivity index (χ1) is 23.0. The fourth-order valence-electron chi connectivity index (χ4n) is 5.92. The van der Waals surface area contributed by atoms with Crippen molar-refractivity contribution in [1.29, 1.82) is 0 Å². The van der Waals surface area contributed by atoms with E-state index < -0.39 is 28.5 Å². The number of aryl methyl sites for hydroxylation is 1. The second-order valence-corrected chi connectivity index (χ2v) is 15.2. The minimum absolute atomic E-state index is 0.00204. The number of hydrogen-bond acceptors (Lipinski definition) is 5. The lowest BCUT2D eigenvalue weighted by Gasteiger charge is -2.34. The molecule has 0 heterocycles. The Labute approximate surface area is 296 Å². The molecule has 0 unspecified atom stereocenters. The van der Waals surface area contributed by atoms with Crippen molar-refractivity contribution >= 4 is 55.1 Å². The number of benzene rings is 4. The summed E-state index contributed by atoms with van der Waals surface area (Å²) in [5, 5.41) is 3.46. The Morgan fingerprint density at radius 1 is 0.938 bits per heavy atom. The minimum Gasteiger partial charge on any atom is -0.495 e. The highest BCUT2D eigenvalue weighted by Gasteiger charge is 2.36. The van der Waals surface area contributed by atoms with Crippen LogP contribution in [0.5, 0.6) is 5.75 Å². The molecule has 2 amide bonds. The van der Waals surface area contributed by atoms with Gasteiger partial charge in [-0.25, -0.2) is 8.42 Å². The SMILES string of the molecule is COc1ccc(Cl)cc1N(CC(=O)N(Cc1ccc(Br)cc1)[C@@H](Cc1ccccc1)C(=O)NC1CCCC1)S(=O)(=O)c1ccc(C)cc1. The number of carbonyl (C=O) groups is 2. The van der Waals surface area contributed by atoms with Gasteiger partial charge in [0.25, 0.3) is 10.0 Å². The molecular formula is C37H39BrClN3O5S. The Morgan fingerprint density at radius 3 is 2.25 bits per heavy atom. The first-order valence-electron chi connectivity index (χ1n) is 15.9. The average molecular weight is 753 g/mol.